The van der Waals surface area contributed by atoms with Gasteiger partial charge in [-0.1, -0.05) is 37.3 Å². The molecule has 2 rings (SSSR count). The average molecular weight is 289 g/mol. The fourth-order valence-electron chi connectivity index (χ4n) is 1.81. The van der Waals surface area contributed by atoms with Gasteiger partial charge in [-0.15, -0.1) is 0 Å². The van der Waals surface area contributed by atoms with Crippen molar-refractivity contribution in [1.82, 2.24) is 0 Å². The maximum absolute atomic E-state index is 12.2. The van der Waals surface area contributed by atoms with Crippen molar-refractivity contribution in [3.63, 3.8) is 0 Å². The lowest BCUT2D eigenvalue weighted by Crippen LogP contribution is -2.15. The molecular weight excluding hydrogens is 274 g/mol. The van der Waals surface area contributed by atoms with E-state index in [1.807, 2.05) is 0 Å². The number of ketones is 1. The lowest BCUT2D eigenvalue weighted by Gasteiger charge is -2.11. The second-order valence-electron chi connectivity index (χ2n) is 4.24. The Kier molecular flexibility index (Phi) is 4.20. The number of Topliss-reactive ketones (excluding diaryl/α,β-unsaturated/α-hetero) is 1. The average Bonchev–Trinajstić information content (AvgIpc) is 2.47. The summed E-state index contributed by atoms with van der Waals surface area (Å²) in [6, 6.07) is 14.7. The van der Waals surface area contributed by atoms with Gasteiger partial charge in [0.05, 0.1) is 10.6 Å². The first kappa shape index (κ1) is 14.3. The Hall–Kier alpha value is -2.14. The summed E-state index contributed by atoms with van der Waals surface area (Å²) in [6.45, 7) is 1.74. The summed E-state index contributed by atoms with van der Waals surface area (Å²) in [5.74, 6) is -0.101. The highest BCUT2D eigenvalue weighted by Crippen LogP contribution is 2.21. The van der Waals surface area contributed by atoms with Gasteiger partial charge in [-0.05, 0) is 24.3 Å². The molecule has 0 saturated heterocycles. The normalized spacial score (nSPS) is 11.1. The number of sulfonamides is 1. The van der Waals surface area contributed by atoms with Crippen molar-refractivity contribution in [2.75, 3.05) is 4.72 Å². The minimum Gasteiger partial charge on any atom is -0.294 e. The SMILES string of the molecule is CCC(=O)c1ccccc1NS(=O)(=O)c1ccccc1. The lowest BCUT2D eigenvalue weighted by atomic mass is 10.1. The van der Waals surface area contributed by atoms with Crippen LogP contribution in [0.25, 0.3) is 0 Å². The lowest BCUT2D eigenvalue weighted by molar-refractivity contribution is 0.0989. The predicted molar refractivity (Wildman–Crippen MR) is 78.3 cm³/mol. The molecule has 2 aromatic carbocycles. The smallest absolute Gasteiger partial charge is 0.261 e. The summed E-state index contributed by atoms with van der Waals surface area (Å²) < 4.78 is 27.0. The number of carbonyl (C=O) groups is 1. The van der Waals surface area contributed by atoms with Crippen LogP contribution in [0.15, 0.2) is 59.5 Å². The molecule has 104 valence electrons. The molecule has 2 aromatic rings. The van der Waals surface area contributed by atoms with E-state index in [9.17, 15) is 13.2 Å². The molecule has 0 fully saturated rings. The van der Waals surface area contributed by atoms with Crippen LogP contribution in [-0.4, -0.2) is 14.2 Å². The highest BCUT2D eigenvalue weighted by Gasteiger charge is 2.17. The third-order valence-corrected chi connectivity index (χ3v) is 4.23. The first-order valence-electron chi connectivity index (χ1n) is 6.24. The molecule has 0 heterocycles. The summed E-state index contributed by atoms with van der Waals surface area (Å²) in [7, 11) is -3.68. The number of carbonyl (C=O) groups excluding carboxylic acids is 1. The molecule has 0 aliphatic heterocycles. The van der Waals surface area contributed by atoms with E-state index in [4.69, 9.17) is 0 Å². The number of nitrogens with one attached hydrogen (secondary N) is 1. The van der Waals surface area contributed by atoms with Crippen LogP contribution in [0.1, 0.15) is 23.7 Å². The molecule has 5 heteroatoms. The van der Waals surface area contributed by atoms with E-state index in [0.717, 1.165) is 0 Å². The topological polar surface area (TPSA) is 63.2 Å². The summed E-state index contributed by atoms with van der Waals surface area (Å²) in [4.78, 5) is 12.0. The fourth-order valence-corrected chi connectivity index (χ4v) is 2.91. The Morgan fingerprint density at radius 2 is 1.60 bits per heavy atom. The second kappa shape index (κ2) is 5.88. The van der Waals surface area contributed by atoms with Gasteiger partial charge in [-0.2, -0.15) is 0 Å². The number of rotatable bonds is 5. The van der Waals surface area contributed by atoms with E-state index in [1.54, 1.807) is 49.4 Å². The number of anilines is 1. The van der Waals surface area contributed by atoms with Gasteiger partial charge in [-0.25, -0.2) is 8.42 Å². The molecule has 0 amide bonds. The van der Waals surface area contributed by atoms with Crippen molar-refractivity contribution in [3.05, 3.63) is 60.2 Å². The Balaban J connectivity index is 2.38. The molecule has 0 saturated carbocycles. The number of hydrogen-bond acceptors (Lipinski definition) is 3. The molecular formula is C15H15NO3S. The van der Waals surface area contributed by atoms with Gasteiger partial charge in [0.25, 0.3) is 10.0 Å². The van der Waals surface area contributed by atoms with Gasteiger partial charge in [0.2, 0.25) is 0 Å². The largest absolute Gasteiger partial charge is 0.294 e. The van der Waals surface area contributed by atoms with Gasteiger partial charge in [0.15, 0.2) is 5.78 Å². The van der Waals surface area contributed by atoms with E-state index < -0.39 is 10.0 Å². The molecule has 1 N–H and O–H groups in total. The maximum atomic E-state index is 12.2. The molecule has 4 nitrogen and oxygen atoms in total. The van der Waals surface area contributed by atoms with Gasteiger partial charge in [-0.3, -0.25) is 9.52 Å². The van der Waals surface area contributed by atoms with E-state index in [-0.39, 0.29) is 10.7 Å². The first-order valence-corrected chi connectivity index (χ1v) is 7.73. The second-order valence-corrected chi connectivity index (χ2v) is 5.92. The monoisotopic (exact) mass is 289 g/mol. The Bertz CT molecular complexity index is 709. The van der Waals surface area contributed by atoms with Gasteiger partial charge in [0, 0.05) is 12.0 Å². The van der Waals surface area contributed by atoms with Crippen LogP contribution in [0.4, 0.5) is 5.69 Å². The zero-order valence-electron chi connectivity index (χ0n) is 11.0. The summed E-state index contributed by atoms with van der Waals surface area (Å²) in [5, 5.41) is 0. The van der Waals surface area contributed by atoms with E-state index in [1.165, 1.54) is 12.1 Å². The Labute approximate surface area is 118 Å². The van der Waals surface area contributed by atoms with Crippen LogP contribution in [0.5, 0.6) is 0 Å². The van der Waals surface area contributed by atoms with Crippen molar-refractivity contribution < 1.29 is 13.2 Å². The Morgan fingerprint density at radius 3 is 2.25 bits per heavy atom. The molecule has 0 atom stereocenters. The van der Waals surface area contributed by atoms with Crippen molar-refractivity contribution in [2.24, 2.45) is 0 Å². The van der Waals surface area contributed by atoms with Crippen LogP contribution in [0.3, 0.4) is 0 Å². The van der Waals surface area contributed by atoms with Crippen LogP contribution < -0.4 is 4.72 Å². The maximum Gasteiger partial charge on any atom is 0.261 e. The quantitative estimate of drug-likeness (QED) is 0.860. The molecule has 0 spiro atoms. The van der Waals surface area contributed by atoms with Crippen molar-refractivity contribution in [3.8, 4) is 0 Å². The molecule has 0 bridgehead atoms. The third kappa shape index (κ3) is 3.05. The van der Waals surface area contributed by atoms with Crippen molar-refractivity contribution >= 4 is 21.5 Å². The standard InChI is InChI=1S/C15H15NO3S/c1-2-15(17)13-10-6-7-11-14(13)16-20(18,19)12-8-4-3-5-9-12/h3-11,16H,2H2,1H3. The summed E-state index contributed by atoms with van der Waals surface area (Å²) in [6.07, 6.45) is 0.323. The van der Waals surface area contributed by atoms with Crippen LogP contribution in [0, 0.1) is 0 Å². The van der Waals surface area contributed by atoms with Gasteiger partial charge < -0.3 is 0 Å². The minimum atomic E-state index is -3.68. The van der Waals surface area contributed by atoms with E-state index in [0.29, 0.717) is 17.7 Å². The number of hydrogen-bond donors (Lipinski definition) is 1. The highest BCUT2D eigenvalue weighted by molar-refractivity contribution is 7.92. The third-order valence-electron chi connectivity index (χ3n) is 2.85. The molecule has 0 unspecified atom stereocenters. The highest BCUT2D eigenvalue weighted by atomic mass is 32.2. The summed E-state index contributed by atoms with van der Waals surface area (Å²) in [5.41, 5.74) is 0.692. The Morgan fingerprint density at radius 1 is 1.00 bits per heavy atom. The zero-order valence-corrected chi connectivity index (χ0v) is 11.9. The minimum absolute atomic E-state index is 0.101. The molecule has 0 radical (unpaired) electrons. The van der Waals surface area contributed by atoms with Gasteiger partial charge >= 0.3 is 0 Å². The van der Waals surface area contributed by atoms with Gasteiger partial charge in [0.1, 0.15) is 0 Å². The number of para-hydroxylation sites is 1. The number of benzene rings is 2. The fraction of sp³-hybridized carbons (Fsp3) is 0.133. The van der Waals surface area contributed by atoms with Crippen LogP contribution >= 0.6 is 0 Å². The molecule has 20 heavy (non-hydrogen) atoms. The molecule has 0 aliphatic carbocycles. The van der Waals surface area contributed by atoms with Crippen LogP contribution in [-0.2, 0) is 10.0 Å². The summed E-state index contributed by atoms with van der Waals surface area (Å²) >= 11 is 0. The van der Waals surface area contributed by atoms with E-state index in [2.05, 4.69) is 4.72 Å². The molecule has 0 aromatic heterocycles. The van der Waals surface area contributed by atoms with Crippen LogP contribution in [0.2, 0.25) is 0 Å². The van der Waals surface area contributed by atoms with Crippen molar-refractivity contribution in [1.29, 1.82) is 0 Å². The first-order chi connectivity index (χ1) is 9.54. The predicted octanol–water partition coefficient (Wildman–Crippen LogP) is 3.08. The zero-order chi connectivity index (χ0) is 14.6. The molecule has 0 aliphatic rings. The van der Waals surface area contributed by atoms with E-state index >= 15 is 0 Å². The van der Waals surface area contributed by atoms with Crippen molar-refractivity contribution in [2.45, 2.75) is 18.2 Å².